The number of hydrogen-bond acceptors (Lipinski definition) is 6. The zero-order chi connectivity index (χ0) is 26.2. The molecule has 36 heavy (non-hydrogen) atoms. The van der Waals surface area contributed by atoms with E-state index in [1.54, 1.807) is 14.0 Å². The Morgan fingerprint density at radius 1 is 1.31 bits per heavy atom. The molecule has 2 heterocycles. The molecule has 200 valence electrons. The lowest BCUT2D eigenvalue weighted by Gasteiger charge is -2.23. The van der Waals surface area contributed by atoms with Crippen LogP contribution < -0.4 is 10.6 Å². The first kappa shape index (κ1) is 29.5. The van der Waals surface area contributed by atoms with E-state index in [1.807, 2.05) is 19.2 Å². The molecule has 8 nitrogen and oxygen atoms in total. The summed E-state index contributed by atoms with van der Waals surface area (Å²) in [7, 11) is 1.69. The number of methoxy groups -OCH3 is 1. The standard InChI is InChI=1S/C28H45N5O3/c1-5-6-10-22(2)21-30-23(3)31-26(28(34)35)15-18-33(19-20-36-4)17-8-7-12-25-14-13-24-11-9-16-29-27(24)32-25/h6,10,13-14,21,26H,5,7-9,11-12,15-20H2,1-4H3,(H,29,32)(H,30,31)(H,34,35)/b10-6+,22-21-. The van der Waals surface area contributed by atoms with Gasteiger partial charge in [0, 0.05) is 38.6 Å². The number of aromatic nitrogens is 1. The Morgan fingerprint density at radius 3 is 2.89 bits per heavy atom. The van der Waals surface area contributed by atoms with Gasteiger partial charge in [-0.3, -0.25) is 4.99 Å². The van der Waals surface area contributed by atoms with Crippen LogP contribution in [0.25, 0.3) is 0 Å². The molecule has 0 aliphatic carbocycles. The number of fused-ring (bicyclic) bond motifs is 1. The van der Waals surface area contributed by atoms with Gasteiger partial charge < -0.3 is 25.4 Å². The average molecular weight is 500 g/mol. The van der Waals surface area contributed by atoms with Gasteiger partial charge in [0.15, 0.2) is 6.04 Å². The van der Waals surface area contributed by atoms with Crippen LogP contribution in [0.4, 0.5) is 5.82 Å². The summed E-state index contributed by atoms with van der Waals surface area (Å²) in [6, 6.07) is 3.57. The topological polar surface area (TPSA) is 99.1 Å². The van der Waals surface area contributed by atoms with Crippen molar-refractivity contribution in [3.05, 3.63) is 47.3 Å². The third kappa shape index (κ3) is 11.4. The van der Waals surface area contributed by atoms with Crippen molar-refractivity contribution in [2.75, 3.05) is 45.2 Å². The molecular formula is C28H45N5O3. The van der Waals surface area contributed by atoms with Crippen LogP contribution in [0.5, 0.6) is 0 Å². The maximum absolute atomic E-state index is 11.8. The number of unbranched alkanes of at least 4 members (excludes halogenated alkanes) is 1. The Labute approximate surface area is 216 Å². The minimum Gasteiger partial charge on any atom is -0.480 e. The Balaban J connectivity index is 1.84. The molecule has 1 aromatic heterocycles. The Hall–Kier alpha value is -2.71. The highest BCUT2D eigenvalue weighted by Gasteiger charge is 2.18. The van der Waals surface area contributed by atoms with E-state index < -0.39 is 12.0 Å². The third-order valence-electron chi connectivity index (χ3n) is 6.20. The minimum atomic E-state index is -0.901. The molecule has 1 unspecified atom stereocenters. The molecule has 1 atom stereocenters. The van der Waals surface area contributed by atoms with E-state index in [9.17, 15) is 9.90 Å². The maximum Gasteiger partial charge on any atom is 0.328 e. The molecule has 2 rings (SSSR count). The molecule has 1 aliphatic rings. The van der Waals surface area contributed by atoms with Crippen LogP contribution in [0, 0.1) is 0 Å². The summed E-state index contributed by atoms with van der Waals surface area (Å²) in [6.07, 6.45) is 12.7. The summed E-state index contributed by atoms with van der Waals surface area (Å²) >= 11 is 0. The molecule has 0 saturated heterocycles. The summed E-state index contributed by atoms with van der Waals surface area (Å²) in [6.45, 7) is 9.83. The normalized spacial score (nSPS) is 15.1. The minimum absolute atomic E-state index is 0.453. The van der Waals surface area contributed by atoms with Crippen LogP contribution in [-0.4, -0.2) is 72.7 Å². The highest BCUT2D eigenvalue weighted by Crippen LogP contribution is 2.20. The average Bonchev–Trinajstić information content (AvgIpc) is 2.88. The van der Waals surface area contributed by atoms with Gasteiger partial charge in [0.2, 0.25) is 0 Å². The molecule has 0 amide bonds. The number of aliphatic imine (C=N–C) groups is 1. The van der Waals surface area contributed by atoms with E-state index in [0.29, 0.717) is 25.4 Å². The predicted molar refractivity (Wildman–Crippen MR) is 148 cm³/mol. The van der Waals surface area contributed by atoms with E-state index in [4.69, 9.17) is 9.72 Å². The van der Waals surface area contributed by atoms with E-state index in [2.05, 4.69) is 45.7 Å². The fourth-order valence-electron chi connectivity index (χ4n) is 4.09. The number of aryl methyl sites for hydroxylation is 2. The molecule has 1 aromatic rings. The Kier molecular flexibility index (Phi) is 13.8. The van der Waals surface area contributed by atoms with Crippen molar-refractivity contribution in [1.82, 2.24) is 15.2 Å². The largest absolute Gasteiger partial charge is 0.480 e. The van der Waals surface area contributed by atoms with Gasteiger partial charge in [0.05, 0.1) is 12.4 Å². The smallest absolute Gasteiger partial charge is 0.328 e. The SMILES string of the molecule is CC/C=C/C(C)=C\NC(C)=NC(CCN(CCCCc1ccc2c(n1)NCCC2)CCOC)C(=O)O. The molecule has 0 spiro atoms. The second-order valence-corrected chi connectivity index (χ2v) is 9.33. The molecular weight excluding hydrogens is 454 g/mol. The number of amidine groups is 1. The fraction of sp³-hybridized carbons (Fsp3) is 0.607. The first-order valence-corrected chi connectivity index (χ1v) is 13.2. The molecule has 0 bridgehead atoms. The second kappa shape index (κ2) is 16.9. The Bertz CT molecular complexity index is 897. The monoisotopic (exact) mass is 499 g/mol. The van der Waals surface area contributed by atoms with Crippen molar-refractivity contribution >= 4 is 17.6 Å². The summed E-state index contributed by atoms with van der Waals surface area (Å²) in [5, 5.41) is 16.2. The highest BCUT2D eigenvalue weighted by atomic mass is 16.5. The van der Waals surface area contributed by atoms with Crippen LogP contribution in [0.3, 0.4) is 0 Å². The van der Waals surface area contributed by atoms with Crippen molar-refractivity contribution in [2.45, 2.75) is 71.8 Å². The van der Waals surface area contributed by atoms with Gasteiger partial charge in [-0.25, -0.2) is 9.78 Å². The van der Waals surface area contributed by atoms with Gasteiger partial charge in [0.1, 0.15) is 5.82 Å². The zero-order valence-electron chi connectivity index (χ0n) is 22.6. The van der Waals surface area contributed by atoms with Crippen LogP contribution >= 0.6 is 0 Å². The lowest BCUT2D eigenvalue weighted by molar-refractivity contribution is -0.138. The van der Waals surface area contributed by atoms with Crippen molar-refractivity contribution in [3.63, 3.8) is 0 Å². The van der Waals surface area contributed by atoms with Gasteiger partial charge in [-0.1, -0.05) is 25.1 Å². The van der Waals surface area contributed by atoms with Crippen LogP contribution in [-0.2, 0) is 22.4 Å². The van der Waals surface area contributed by atoms with Crippen molar-refractivity contribution in [3.8, 4) is 0 Å². The number of nitrogens with zero attached hydrogens (tertiary/aromatic N) is 3. The van der Waals surface area contributed by atoms with E-state index in [-0.39, 0.29) is 0 Å². The molecule has 0 aromatic carbocycles. The first-order chi connectivity index (χ1) is 17.4. The number of pyridine rings is 1. The third-order valence-corrected chi connectivity index (χ3v) is 6.20. The number of carboxylic acid groups (broad SMARTS) is 1. The van der Waals surface area contributed by atoms with Gasteiger partial charge in [-0.2, -0.15) is 0 Å². The van der Waals surface area contributed by atoms with Crippen LogP contribution in [0.1, 0.15) is 64.1 Å². The zero-order valence-corrected chi connectivity index (χ0v) is 22.6. The molecule has 0 fully saturated rings. The predicted octanol–water partition coefficient (Wildman–Crippen LogP) is 4.43. The maximum atomic E-state index is 11.8. The Morgan fingerprint density at radius 2 is 2.14 bits per heavy atom. The van der Waals surface area contributed by atoms with E-state index in [0.717, 1.165) is 68.8 Å². The van der Waals surface area contributed by atoms with Crippen molar-refractivity contribution in [2.24, 2.45) is 4.99 Å². The number of carboxylic acids is 1. The van der Waals surface area contributed by atoms with Gasteiger partial charge in [0.25, 0.3) is 0 Å². The van der Waals surface area contributed by atoms with Gasteiger partial charge in [-0.05, 0) is 82.5 Å². The highest BCUT2D eigenvalue weighted by molar-refractivity contribution is 5.84. The number of allylic oxidation sites excluding steroid dienone is 3. The number of rotatable bonds is 16. The molecule has 0 saturated carbocycles. The second-order valence-electron chi connectivity index (χ2n) is 9.33. The molecule has 1 aliphatic heterocycles. The summed E-state index contributed by atoms with van der Waals surface area (Å²) < 4.78 is 5.28. The van der Waals surface area contributed by atoms with E-state index >= 15 is 0 Å². The van der Waals surface area contributed by atoms with Crippen LogP contribution in [0.15, 0.2) is 41.1 Å². The number of ether oxygens (including phenoxy) is 1. The summed E-state index contributed by atoms with van der Waals surface area (Å²) in [5.41, 5.74) is 3.51. The fourth-order valence-corrected chi connectivity index (χ4v) is 4.09. The van der Waals surface area contributed by atoms with Crippen molar-refractivity contribution < 1.29 is 14.6 Å². The molecule has 8 heteroatoms. The number of anilines is 1. The number of aliphatic carboxylic acids is 1. The number of nitrogens with one attached hydrogen (secondary N) is 2. The number of hydrogen-bond donors (Lipinski definition) is 3. The summed E-state index contributed by atoms with van der Waals surface area (Å²) in [5.74, 6) is 0.747. The lowest BCUT2D eigenvalue weighted by atomic mass is 10.1. The van der Waals surface area contributed by atoms with Gasteiger partial charge >= 0.3 is 5.97 Å². The summed E-state index contributed by atoms with van der Waals surface area (Å²) in [4.78, 5) is 23.3. The van der Waals surface area contributed by atoms with Crippen LogP contribution in [0.2, 0.25) is 0 Å². The number of carbonyl (C=O) groups is 1. The first-order valence-electron chi connectivity index (χ1n) is 13.2. The quantitative estimate of drug-likeness (QED) is 0.134. The molecule has 0 radical (unpaired) electrons. The molecule has 3 N–H and O–H groups in total. The lowest BCUT2D eigenvalue weighted by Crippen LogP contribution is -2.33. The van der Waals surface area contributed by atoms with E-state index in [1.165, 1.54) is 12.0 Å². The van der Waals surface area contributed by atoms with Crippen molar-refractivity contribution in [1.29, 1.82) is 0 Å². The van der Waals surface area contributed by atoms with Gasteiger partial charge in [-0.15, -0.1) is 0 Å².